The van der Waals surface area contributed by atoms with Crippen molar-refractivity contribution in [1.82, 2.24) is 5.32 Å². The quantitative estimate of drug-likeness (QED) is 0.205. The van der Waals surface area contributed by atoms with Gasteiger partial charge in [-0.3, -0.25) is 0 Å². The molecule has 4 heteroatoms. The number of rotatable bonds is 8. The lowest BCUT2D eigenvalue weighted by Crippen LogP contribution is -2.14. The monoisotopic (exact) mass is 501 g/mol. The Labute approximate surface area is 214 Å². The van der Waals surface area contributed by atoms with Crippen LogP contribution in [-0.4, -0.2) is 6.54 Å². The predicted molar refractivity (Wildman–Crippen MR) is 152 cm³/mol. The van der Waals surface area contributed by atoms with Crippen molar-refractivity contribution in [3.8, 4) is 20.9 Å². The minimum absolute atomic E-state index is 1.11. The first-order valence-electron chi connectivity index (χ1n) is 13.0. The van der Waals surface area contributed by atoms with Gasteiger partial charge in [0, 0.05) is 54.0 Å². The third kappa shape index (κ3) is 3.37. The lowest BCUT2D eigenvalue weighted by molar-refractivity contribution is 0.592. The van der Waals surface area contributed by atoms with Gasteiger partial charge in [-0.15, -0.1) is 34.0 Å². The summed E-state index contributed by atoms with van der Waals surface area (Å²) in [6.07, 6.45) is 14.0. The van der Waals surface area contributed by atoms with Crippen LogP contribution in [0.4, 0.5) is 0 Å². The van der Waals surface area contributed by atoms with Crippen molar-refractivity contribution < 1.29 is 0 Å². The number of fused-ring (bicyclic) bond motifs is 10. The molecule has 174 valence electrons. The Balaban J connectivity index is 1.08. The van der Waals surface area contributed by atoms with Crippen molar-refractivity contribution in [1.29, 1.82) is 0 Å². The highest BCUT2D eigenvalue weighted by molar-refractivity contribution is 7.30. The highest BCUT2D eigenvalue weighted by Gasteiger charge is 2.32. The summed E-state index contributed by atoms with van der Waals surface area (Å²) in [7, 11) is 0. The zero-order valence-electron chi connectivity index (χ0n) is 20.1. The van der Waals surface area contributed by atoms with Gasteiger partial charge in [-0.1, -0.05) is 39.0 Å². The predicted octanol–water partition coefficient (Wildman–Crippen LogP) is 9.32. The Morgan fingerprint density at radius 3 is 2.32 bits per heavy atom. The summed E-state index contributed by atoms with van der Waals surface area (Å²) < 4.78 is 3.03. The van der Waals surface area contributed by atoms with Crippen molar-refractivity contribution >= 4 is 49.5 Å². The summed E-state index contributed by atoms with van der Waals surface area (Å²) in [6.45, 7) is 5.65. The molecule has 1 N–H and O–H groups in total. The van der Waals surface area contributed by atoms with Crippen LogP contribution >= 0.6 is 34.0 Å². The van der Waals surface area contributed by atoms with Gasteiger partial charge in [0.2, 0.25) is 0 Å². The molecule has 0 saturated carbocycles. The van der Waals surface area contributed by atoms with Gasteiger partial charge in [-0.25, -0.2) is 0 Å². The molecule has 34 heavy (non-hydrogen) atoms. The molecule has 0 unspecified atom stereocenters. The maximum Gasteiger partial charge on any atom is 0.0495 e. The number of benzene rings is 1. The van der Waals surface area contributed by atoms with Gasteiger partial charge < -0.3 is 5.32 Å². The number of hydrogen-bond acceptors (Lipinski definition) is 4. The van der Waals surface area contributed by atoms with Crippen molar-refractivity contribution in [3.63, 3.8) is 0 Å². The number of allylic oxidation sites excluding steroid dienone is 1. The van der Waals surface area contributed by atoms with E-state index in [0.29, 0.717) is 0 Å². The molecular weight excluding hydrogens is 471 g/mol. The molecule has 1 nitrogen and oxygen atoms in total. The van der Waals surface area contributed by atoms with Crippen LogP contribution < -0.4 is 5.32 Å². The molecule has 0 fully saturated rings. The summed E-state index contributed by atoms with van der Waals surface area (Å²) in [5.41, 5.74) is 12.4. The molecule has 0 spiro atoms. The molecule has 1 aromatic carbocycles. The second kappa shape index (κ2) is 8.36. The largest absolute Gasteiger partial charge is 0.388 e. The van der Waals surface area contributed by atoms with Crippen LogP contribution in [0, 0.1) is 6.92 Å². The molecule has 3 aliphatic carbocycles. The molecule has 0 atom stereocenters. The minimum Gasteiger partial charge on any atom is -0.388 e. The SMILES string of the molecule is CCCCCCCCNC1=Cc2sc3c(c2C1)Cc1cc2c(cc1-3)Cc1c-2sc2cc(C)sc12. The average Bonchev–Trinajstić information content (AvgIpc) is 3.62. The van der Waals surface area contributed by atoms with Gasteiger partial charge in [-0.2, -0.15) is 0 Å². The fourth-order valence-electron chi connectivity index (χ4n) is 6.12. The van der Waals surface area contributed by atoms with Crippen LogP contribution in [0.2, 0.25) is 0 Å². The normalized spacial score (nSPS) is 14.8. The maximum absolute atomic E-state index is 3.75. The van der Waals surface area contributed by atoms with Crippen molar-refractivity contribution in [2.75, 3.05) is 6.54 Å². The van der Waals surface area contributed by atoms with E-state index in [1.807, 2.05) is 34.0 Å². The van der Waals surface area contributed by atoms with Gasteiger partial charge in [0.05, 0.1) is 0 Å². The molecule has 0 radical (unpaired) electrons. The third-order valence-corrected chi connectivity index (χ3v) is 11.5. The number of aryl methyl sites for hydroxylation is 1. The summed E-state index contributed by atoms with van der Waals surface area (Å²) in [6, 6.07) is 7.47. The van der Waals surface area contributed by atoms with E-state index in [2.05, 4.69) is 43.4 Å². The summed E-state index contributed by atoms with van der Waals surface area (Å²) in [5.74, 6) is 0. The first kappa shape index (κ1) is 21.4. The summed E-state index contributed by atoms with van der Waals surface area (Å²) in [5, 5.41) is 3.75. The first-order chi connectivity index (χ1) is 16.7. The van der Waals surface area contributed by atoms with Gasteiger partial charge in [0.15, 0.2) is 0 Å². The van der Waals surface area contributed by atoms with Gasteiger partial charge in [0.25, 0.3) is 0 Å². The number of thiophene rings is 3. The topological polar surface area (TPSA) is 12.0 Å². The Morgan fingerprint density at radius 2 is 1.50 bits per heavy atom. The van der Waals surface area contributed by atoms with Crippen LogP contribution in [-0.2, 0) is 19.3 Å². The van der Waals surface area contributed by atoms with Crippen molar-refractivity contribution in [2.24, 2.45) is 0 Å². The molecule has 4 aromatic rings. The molecule has 0 saturated heterocycles. The average molecular weight is 502 g/mol. The van der Waals surface area contributed by atoms with E-state index in [1.165, 1.54) is 74.5 Å². The number of hydrogen-bond donors (Lipinski definition) is 1. The highest BCUT2D eigenvalue weighted by atomic mass is 32.1. The second-order valence-corrected chi connectivity index (χ2v) is 13.6. The van der Waals surface area contributed by atoms with E-state index in [-0.39, 0.29) is 0 Å². The lowest BCUT2D eigenvalue weighted by Gasteiger charge is -2.07. The van der Waals surface area contributed by atoms with E-state index < -0.39 is 0 Å². The Bertz CT molecular complexity index is 1460. The number of nitrogens with one attached hydrogen (secondary N) is 1. The second-order valence-electron chi connectivity index (χ2n) is 10.3. The molecule has 3 heterocycles. The van der Waals surface area contributed by atoms with Crippen molar-refractivity contribution in [3.05, 3.63) is 61.5 Å². The van der Waals surface area contributed by atoms with Crippen LogP contribution in [0.5, 0.6) is 0 Å². The molecule has 0 bridgehead atoms. The Hall–Kier alpha value is -1.88. The molecular formula is C30H31NS3. The maximum atomic E-state index is 3.75. The molecule has 0 aliphatic heterocycles. The third-order valence-electron chi connectivity index (χ3n) is 7.84. The Morgan fingerprint density at radius 1 is 0.765 bits per heavy atom. The minimum atomic E-state index is 1.11. The zero-order chi connectivity index (χ0) is 22.8. The van der Waals surface area contributed by atoms with Crippen molar-refractivity contribution in [2.45, 2.75) is 71.6 Å². The smallest absolute Gasteiger partial charge is 0.0495 e. The molecule has 7 rings (SSSR count). The van der Waals surface area contributed by atoms with Crippen LogP contribution in [0.25, 0.3) is 36.4 Å². The molecule has 0 amide bonds. The van der Waals surface area contributed by atoms with Gasteiger partial charge in [0.1, 0.15) is 0 Å². The lowest BCUT2D eigenvalue weighted by atomic mass is 10.0. The van der Waals surface area contributed by atoms with Gasteiger partial charge in [-0.05, 0) is 83.0 Å². The van der Waals surface area contributed by atoms with Crippen LogP contribution in [0.1, 0.15) is 83.0 Å². The first-order valence-corrected chi connectivity index (χ1v) is 15.4. The van der Waals surface area contributed by atoms with E-state index in [0.717, 1.165) is 25.8 Å². The molecule has 3 aliphatic rings. The summed E-state index contributed by atoms with van der Waals surface area (Å²) in [4.78, 5) is 6.05. The van der Waals surface area contributed by atoms with E-state index in [9.17, 15) is 0 Å². The van der Waals surface area contributed by atoms with E-state index in [1.54, 1.807) is 37.6 Å². The van der Waals surface area contributed by atoms with E-state index in [4.69, 9.17) is 0 Å². The van der Waals surface area contributed by atoms with Crippen LogP contribution in [0.3, 0.4) is 0 Å². The Kier molecular flexibility index (Phi) is 5.26. The summed E-state index contributed by atoms with van der Waals surface area (Å²) >= 11 is 6.03. The van der Waals surface area contributed by atoms with E-state index >= 15 is 0 Å². The van der Waals surface area contributed by atoms with Gasteiger partial charge >= 0.3 is 0 Å². The standard InChI is InChI=1S/C30H31NS3/c1-3-4-5-6-7-8-9-31-20-15-23-24-13-18-11-22-19(12-21(18)28(24)33-26(23)16-20)14-25-29(22)34-27-10-17(2)32-30(25)27/h10-12,16,31H,3-9,13-15H2,1-2H3. The fraction of sp³-hybridized carbons (Fsp3) is 0.400. The fourth-order valence-corrected chi connectivity index (χ4v) is 10.1. The number of unbranched alkanes of at least 4 members (excludes halogenated alkanes) is 5. The molecule has 3 aromatic heterocycles. The highest BCUT2D eigenvalue weighted by Crippen LogP contribution is 2.54. The van der Waals surface area contributed by atoms with Crippen LogP contribution in [0.15, 0.2) is 23.9 Å². The zero-order valence-corrected chi connectivity index (χ0v) is 22.6.